The van der Waals surface area contributed by atoms with Crippen molar-refractivity contribution in [2.24, 2.45) is 0 Å². The SMILES string of the molecule is CCNC(=O)NC(=O)[C@H](C)OC(=O)c1ccc(C(=O)OC)cc1. The highest BCUT2D eigenvalue weighted by Gasteiger charge is 2.20. The molecular formula is C15H18N2O6. The number of benzene rings is 1. The molecule has 0 radical (unpaired) electrons. The normalized spacial score (nSPS) is 11.1. The Morgan fingerprint density at radius 3 is 2.04 bits per heavy atom. The number of carbonyl (C=O) groups excluding carboxylic acids is 4. The van der Waals surface area contributed by atoms with Gasteiger partial charge in [0, 0.05) is 6.54 Å². The number of imide groups is 1. The Morgan fingerprint density at radius 1 is 1.04 bits per heavy atom. The highest BCUT2D eigenvalue weighted by molar-refractivity contribution is 5.98. The number of nitrogens with one attached hydrogen (secondary N) is 2. The van der Waals surface area contributed by atoms with E-state index in [0.29, 0.717) is 6.54 Å². The molecule has 124 valence electrons. The average molecular weight is 322 g/mol. The number of amides is 3. The van der Waals surface area contributed by atoms with Crippen LogP contribution in [0.2, 0.25) is 0 Å². The standard InChI is InChI=1S/C15H18N2O6/c1-4-16-15(21)17-12(18)9(2)23-14(20)11-7-5-10(6-8-11)13(19)22-3/h5-9H,4H2,1-3H3,(H2,16,17,18,21)/t9-/m0/s1. The van der Waals surface area contributed by atoms with Gasteiger partial charge >= 0.3 is 18.0 Å². The molecule has 0 bridgehead atoms. The van der Waals surface area contributed by atoms with Crippen molar-refractivity contribution in [1.29, 1.82) is 0 Å². The first kappa shape index (κ1) is 18.1. The van der Waals surface area contributed by atoms with Crippen LogP contribution in [0.1, 0.15) is 34.6 Å². The number of methoxy groups -OCH3 is 1. The number of hydrogen-bond acceptors (Lipinski definition) is 6. The van der Waals surface area contributed by atoms with Crippen molar-refractivity contribution in [3.63, 3.8) is 0 Å². The monoisotopic (exact) mass is 322 g/mol. The number of esters is 2. The highest BCUT2D eigenvalue weighted by Crippen LogP contribution is 2.08. The first-order chi connectivity index (χ1) is 10.9. The van der Waals surface area contributed by atoms with Gasteiger partial charge in [-0.1, -0.05) is 0 Å². The molecular weight excluding hydrogens is 304 g/mol. The Kier molecular flexibility index (Phi) is 6.72. The summed E-state index contributed by atoms with van der Waals surface area (Å²) in [7, 11) is 1.25. The topological polar surface area (TPSA) is 111 Å². The molecule has 3 amide bonds. The molecule has 0 unspecified atom stereocenters. The Bertz CT molecular complexity index is 596. The minimum Gasteiger partial charge on any atom is -0.465 e. The maximum absolute atomic E-state index is 11.9. The number of carbonyl (C=O) groups is 4. The summed E-state index contributed by atoms with van der Waals surface area (Å²) >= 11 is 0. The van der Waals surface area contributed by atoms with E-state index >= 15 is 0 Å². The number of rotatable bonds is 5. The van der Waals surface area contributed by atoms with Crippen LogP contribution in [0.3, 0.4) is 0 Å². The van der Waals surface area contributed by atoms with Crippen LogP contribution in [0.5, 0.6) is 0 Å². The first-order valence-corrected chi connectivity index (χ1v) is 6.87. The first-order valence-electron chi connectivity index (χ1n) is 6.87. The Morgan fingerprint density at radius 2 is 1.57 bits per heavy atom. The molecule has 0 aliphatic rings. The fraction of sp³-hybridized carbons (Fsp3) is 0.333. The van der Waals surface area contributed by atoms with Crippen LogP contribution >= 0.6 is 0 Å². The molecule has 0 saturated heterocycles. The summed E-state index contributed by atoms with van der Waals surface area (Å²) in [4.78, 5) is 46.1. The van der Waals surface area contributed by atoms with Gasteiger partial charge in [-0.15, -0.1) is 0 Å². The van der Waals surface area contributed by atoms with Gasteiger partial charge in [0.05, 0.1) is 18.2 Å². The van der Waals surface area contributed by atoms with Gasteiger partial charge < -0.3 is 14.8 Å². The summed E-state index contributed by atoms with van der Waals surface area (Å²) in [6.45, 7) is 3.40. The van der Waals surface area contributed by atoms with Crippen LogP contribution in [0, 0.1) is 0 Å². The number of ether oxygens (including phenoxy) is 2. The van der Waals surface area contributed by atoms with Crippen LogP contribution in [-0.2, 0) is 14.3 Å². The van der Waals surface area contributed by atoms with E-state index in [0.717, 1.165) is 0 Å². The fourth-order valence-corrected chi connectivity index (χ4v) is 1.56. The van der Waals surface area contributed by atoms with Crippen LogP contribution in [-0.4, -0.2) is 43.6 Å². The average Bonchev–Trinajstić information content (AvgIpc) is 2.54. The summed E-state index contributed by atoms with van der Waals surface area (Å²) in [6.07, 6.45) is -1.15. The van der Waals surface area contributed by atoms with E-state index in [9.17, 15) is 19.2 Å². The smallest absolute Gasteiger partial charge is 0.338 e. The van der Waals surface area contributed by atoms with E-state index in [-0.39, 0.29) is 11.1 Å². The van der Waals surface area contributed by atoms with E-state index in [1.807, 2.05) is 5.32 Å². The lowest BCUT2D eigenvalue weighted by molar-refractivity contribution is -0.127. The van der Waals surface area contributed by atoms with E-state index in [1.54, 1.807) is 6.92 Å². The van der Waals surface area contributed by atoms with Crippen molar-refractivity contribution in [3.8, 4) is 0 Å². The van der Waals surface area contributed by atoms with Gasteiger partial charge in [0.25, 0.3) is 5.91 Å². The van der Waals surface area contributed by atoms with Crippen molar-refractivity contribution in [1.82, 2.24) is 10.6 Å². The molecule has 2 N–H and O–H groups in total. The predicted octanol–water partition coefficient (Wildman–Crippen LogP) is 0.864. The minimum absolute atomic E-state index is 0.162. The van der Waals surface area contributed by atoms with E-state index in [4.69, 9.17) is 4.74 Å². The third-order valence-electron chi connectivity index (χ3n) is 2.77. The largest absolute Gasteiger partial charge is 0.465 e. The summed E-state index contributed by atoms with van der Waals surface area (Å²) in [5.74, 6) is -2.02. The molecule has 0 saturated carbocycles. The van der Waals surface area contributed by atoms with Crippen LogP contribution in [0.25, 0.3) is 0 Å². The van der Waals surface area contributed by atoms with Crippen molar-refractivity contribution in [2.75, 3.05) is 13.7 Å². The van der Waals surface area contributed by atoms with E-state index in [1.165, 1.54) is 38.3 Å². The molecule has 8 nitrogen and oxygen atoms in total. The van der Waals surface area contributed by atoms with Crippen LogP contribution < -0.4 is 10.6 Å². The maximum atomic E-state index is 11.9. The lowest BCUT2D eigenvalue weighted by Crippen LogP contribution is -2.44. The van der Waals surface area contributed by atoms with E-state index < -0.39 is 30.0 Å². The van der Waals surface area contributed by atoms with Gasteiger partial charge in [0.1, 0.15) is 0 Å². The van der Waals surface area contributed by atoms with Crippen LogP contribution in [0.4, 0.5) is 4.79 Å². The highest BCUT2D eigenvalue weighted by atomic mass is 16.5. The summed E-state index contributed by atoms with van der Waals surface area (Å²) < 4.78 is 9.50. The molecule has 0 heterocycles. The van der Waals surface area contributed by atoms with Gasteiger partial charge in [-0.2, -0.15) is 0 Å². The Balaban J connectivity index is 2.62. The zero-order valence-electron chi connectivity index (χ0n) is 13.0. The van der Waals surface area contributed by atoms with Gasteiger partial charge in [-0.05, 0) is 38.1 Å². The number of hydrogen-bond donors (Lipinski definition) is 2. The zero-order chi connectivity index (χ0) is 17.4. The Hall–Kier alpha value is -2.90. The fourth-order valence-electron chi connectivity index (χ4n) is 1.56. The van der Waals surface area contributed by atoms with Crippen LogP contribution in [0.15, 0.2) is 24.3 Å². The molecule has 1 aromatic rings. The second-order valence-electron chi connectivity index (χ2n) is 4.47. The lowest BCUT2D eigenvalue weighted by atomic mass is 10.1. The van der Waals surface area contributed by atoms with Crippen molar-refractivity contribution < 1.29 is 28.7 Å². The quantitative estimate of drug-likeness (QED) is 0.778. The van der Waals surface area contributed by atoms with Crippen molar-refractivity contribution in [3.05, 3.63) is 35.4 Å². The summed E-state index contributed by atoms with van der Waals surface area (Å²) in [5.41, 5.74) is 0.446. The Labute approximate surface area is 133 Å². The molecule has 8 heteroatoms. The maximum Gasteiger partial charge on any atom is 0.338 e. The van der Waals surface area contributed by atoms with Gasteiger partial charge in [0.15, 0.2) is 6.10 Å². The third kappa shape index (κ3) is 5.42. The molecule has 0 aliphatic heterocycles. The minimum atomic E-state index is -1.15. The van der Waals surface area contributed by atoms with E-state index in [2.05, 4.69) is 10.1 Å². The number of urea groups is 1. The molecule has 1 atom stereocenters. The molecule has 0 fully saturated rings. The summed E-state index contributed by atoms with van der Waals surface area (Å²) in [6, 6.07) is 4.90. The second-order valence-corrected chi connectivity index (χ2v) is 4.47. The molecule has 0 spiro atoms. The van der Waals surface area contributed by atoms with Gasteiger partial charge in [0.2, 0.25) is 0 Å². The summed E-state index contributed by atoms with van der Waals surface area (Å²) in [5, 5.41) is 4.43. The van der Waals surface area contributed by atoms with Crippen molar-refractivity contribution in [2.45, 2.75) is 20.0 Å². The zero-order valence-corrected chi connectivity index (χ0v) is 13.0. The molecule has 23 heavy (non-hydrogen) atoms. The second kappa shape index (κ2) is 8.52. The molecule has 0 aliphatic carbocycles. The van der Waals surface area contributed by atoms with Gasteiger partial charge in [-0.25, -0.2) is 14.4 Å². The molecule has 0 aromatic heterocycles. The predicted molar refractivity (Wildman–Crippen MR) is 79.9 cm³/mol. The lowest BCUT2D eigenvalue weighted by Gasteiger charge is -2.13. The molecule has 1 aromatic carbocycles. The third-order valence-corrected chi connectivity index (χ3v) is 2.77. The molecule has 1 rings (SSSR count). The van der Waals surface area contributed by atoms with Gasteiger partial charge in [-0.3, -0.25) is 10.1 Å². The van der Waals surface area contributed by atoms with Crippen molar-refractivity contribution >= 4 is 23.9 Å².